The second-order valence-corrected chi connectivity index (χ2v) is 4.75. The van der Waals surface area contributed by atoms with Crippen LogP contribution < -0.4 is 14.9 Å². The molecule has 0 fully saturated rings. The molecule has 0 amide bonds. The number of ether oxygens (including phenoxy) is 2. The van der Waals surface area contributed by atoms with Gasteiger partial charge < -0.3 is 9.47 Å². The van der Waals surface area contributed by atoms with Crippen LogP contribution in [0.25, 0.3) is 0 Å². The molecule has 0 bridgehead atoms. The minimum atomic E-state index is 0.672. The van der Waals surface area contributed by atoms with Crippen molar-refractivity contribution in [2.24, 2.45) is 5.10 Å². The first-order chi connectivity index (χ1) is 10.2. The maximum atomic E-state index is 5.36. The number of hydrogen-bond donors (Lipinski definition) is 1. The summed E-state index contributed by atoms with van der Waals surface area (Å²) in [4.78, 5) is 0. The third kappa shape index (κ3) is 3.54. The van der Waals surface area contributed by atoms with Crippen LogP contribution in [0.1, 0.15) is 16.7 Å². The molecular weight excluding hydrogens is 264 g/mol. The molecule has 0 aliphatic heterocycles. The van der Waals surface area contributed by atoms with E-state index >= 15 is 0 Å². The Hall–Kier alpha value is -2.49. The van der Waals surface area contributed by atoms with E-state index in [1.807, 2.05) is 24.3 Å². The summed E-state index contributed by atoms with van der Waals surface area (Å²) in [6.07, 6.45) is 1.72. The second-order valence-electron chi connectivity index (χ2n) is 4.75. The van der Waals surface area contributed by atoms with Gasteiger partial charge in [0.1, 0.15) is 0 Å². The molecule has 2 aromatic rings. The lowest BCUT2D eigenvalue weighted by atomic mass is 10.1. The average Bonchev–Trinajstić information content (AvgIpc) is 2.50. The molecule has 0 unspecified atom stereocenters. The number of rotatable bonds is 5. The maximum absolute atomic E-state index is 5.36. The van der Waals surface area contributed by atoms with Crippen LogP contribution in [-0.2, 0) is 0 Å². The number of nitrogens with zero attached hydrogens (tertiary/aromatic N) is 1. The van der Waals surface area contributed by atoms with Gasteiger partial charge in [-0.3, -0.25) is 5.43 Å². The molecule has 0 aromatic heterocycles. The van der Waals surface area contributed by atoms with Gasteiger partial charge in [0.05, 0.1) is 26.1 Å². The Morgan fingerprint density at radius 3 is 2.48 bits per heavy atom. The zero-order valence-corrected chi connectivity index (χ0v) is 12.8. The van der Waals surface area contributed by atoms with E-state index in [0.29, 0.717) is 11.5 Å². The first kappa shape index (κ1) is 14.9. The van der Waals surface area contributed by atoms with Gasteiger partial charge in [0.25, 0.3) is 0 Å². The molecule has 0 atom stereocenters. The molecule has 110 valence electrons. The largest absolute Gasteiger partial charge is 0.493 e. The Labute approximate surface area is 125 Å². The number of aryl methyl sites for hydroxylation is 2. The SMILES string of the molecule is COc1cccc(/C=N/Nc2ccc(C)c(C)c2)c1OC. The zero-order chi connectivity index (χ0) is 15.2. The standard InChI is InChI=1S/C17H20N2O2/c1-12-8-9-15(10-13(12)2)19-18-11-14-6-5-7-16(20-3)17(14)21-4/h5-11,19H,1-4H3/b18-11+. The summed E-state index contributed by atoms with van der Waals surface area (Å²) in [5, 5.41) is 4.26. The van der Waals surface area contributed by atoms with E-state index in [1.165, 1.54) is 11.1 Å². The van der Waals surface area contributed by atoms with Crippen molar-refractivity contribution in [1.82, 2.24) is 0 Å². The summed E-state index contributed by atoms with van der Waals surface area (Å²) in [6, 6.07) is 11.8. The Morgan fingerprint density at radius 1 is 1.00 bits per heavy atom. The molecule has 2 rings (SSSR count). The van der Waals surface area contributed by atoms with Crippen LogP contribution >= 0.6 is 0 Å². The summed E-state index contributed by atoms with van der Waals surface area (Å²) in [7, 11) is 3.23. The van der Waals surface area contributed by atoms with E-state index in [4.69, 9.17) is 9.47 Å². The number of methoxy groups -OCH3 is 2. The van der Waals surface area contributed by atoms with Crippen molar-refractivity contribution in [3.8, 4) is 11.5 Å². The molecule has 0 spiro atoms. The van der Waals surface area contributed by atoms with Crippen molar-refractivity contribution in [2.45, 2.75) is 13.8 Å². The summed E-state index contributed by atoms with van der Waals surface area (Å²) >= 11 is 0. The number of benzene rings is 2. The van der Waals surface area contributed by atoms with Crippen LogP contribution in [0.3, 0.4) is 0 Å². The highest BCUT2D eigenvalue weighted by atomic mass is 16.5. The number of hydrazone groups is 1. The molecular formula is C17H20N2O2. The van der Waals surface area contributed by atoms with Crippen molar-refractivity contribution < 1.29 is 9.47 Å². The molecule has 1 N–H and O–H groups in total. The molecule has 0 aliphatic rings. The molecule has 0 heterocycles. The molecule has 0 radical (unpaired) electrons. The first-order valence-corrected chi connectivity index (χ1v) is 6.73. The van der Waals surface area contributed by atoms with Gasteiger partial charge in [-0.15, -0.1) is 0 Å². The van der Waals surface area contributed by atoms with Crippen LogP contribution in [0.2, 0.25) is 0 Å². The molecule has 0 saturated carbocycles. The third-order valence-electron chi connectivity index (χ3n) is 3.34. The minimum Gasteiger partial charge on any atom is -0.493 e. The molecule has 21 heavy (non-hydrogen) atoms. The number of para-hydroxylation sites is 1. The Morgan fingerprint density at radius 2 is 1.81 bits per heavy atom. The fraction of sp³-hybridized carbons (Fsp3) is 0.235. The summed E-state index contributed by atoms with van der Waals surface area (Å²) < 4.78 is 10.6. The van der Waals surface area contributed by atoms with Gasteiger partial charge in [0, 0.05) is 5.56 Å². The average molecular weight is 284 g/mol. The maximum Gasteiger partial charge on any atom is 0.169 e. The van der Waals surface area contributed by atoms with E-state index in [-0.39, 0.29) is 0 Å². The van der Waals surface area contributed by atoms with Gasteiger partial charge in [0.2, 0.25) is 0 Å². The summed E-state index contributed by atoms with van der Waals surface area (Å²) in [5.74, 6) is 1.36. The van der Waals surface area contributed by atoms with Crippen molar-refractivity contribution in [1.29, 1.82) is 0 Å². The quantitative estimate of drug-likeness (QED) is 0.671. The van der Waals surface area contributed by atoms with Gasteiger partial charge >= 0.3 is 0 Å². The van der Waals surface area contributed by atoms with Crippen LogP contribution in [0.5, 0.6) is 11.5 Å². The van der Waals surface area contributed by atoms with Gasteiger partial charge in [-0.1, -0.05) is 12.1 Å². The molecule has 0 saturated heterocycles. The summed E-state index contributed by atoms with van der Waals surface area (Å²) in [6.45, 7) is 4.17. The van der Waals surface area contributed by atoms with E-state index < -0.39 is 0 Å². The third-order valence-corrected chi connectivity index (χ3v) is 3.34. The Kier molecular flexibility index (Phi) is 4.82. The van der Waals surface area contributed by atoms with E-state index in [2.05, 4.69) is 36.5 Å². The van der Waals surface area contributed by atoms with Gasteiger partial charge in [-0.25, -0.2) is 0 Å². The zero-order valence-electron chi connectivity index (χ0n) is 12.8. The molecule has 0 aliphatic carbocycles. The lowest BCUT2D eigenvalue weighted by Gasteiger charge is -2.09. The Bertz CT molecular complexity index is 651. The van der Waals surface area contributed by atoms with Crippen molar-refractivity contribution in [2.75, 3.05) is 19.6 Å². The number of anilines is 1. The molecule has 4 heteroatoms. The fourth-order valence-electron chi connectivity index (χ4n) is 2.00. The van der Waals surface area contributed by atoms with Crippen molar-refractivity contribution in [3.05, 3.63) is 53.1 Å². The Balaban J connectivity index is 2.16. The predicted molar refractivity (Wildman–Crippen MR) is 86.7 cm³/mol. The van der Waals surface area contributed by atoms with Crippen LogP contribution in [0.15, 0.2) is 41.5 Å². The topological polar surface area (TPSA) is 42.8 Å². The lowest BCUT2D eigenvalue weighted by molar-refractivity contribution is 0.354. The lowest BCUT2D eigenvalue weighted by Crippen LogP contribution is -1.97. The molecule has 2 aromatic carbocycles. The van der Waals surface area contributed by atoms with Crippen LogP contribution in [0.4, 0.5) is 5.69 Å². The van der Waals surface area contributed by atoms with Gasteiger partial charge in [0.15, 0.2) is 11.5 Å². The summed E-state index contributed by atoms with van der Waals surface area (Å²) in [5.41, 5.74) is 7.33. The second kappa shape index (κ2) is 6.79. The van der Waals surface area contributed by atoms with Crippen molar-refractivity contribution >= 4 is 11.9 Å². The first-order valence-electron chi connectivity index (χ1n) is 6.73. The number of hydrogen-bond acceptors (Lipinski definition) is 4. The van der Waals surface area contributed by atoms with E-state index in [0.717, 1.165) is 11.3 Å². The highest BCUT2D eigenvalue weighted by Crippen LogP contribution is 2.29. The van der Waals surface area contributed by atoms with Crippen LogP contribution in [-0.4, -0.2) is 20.4 Å². The molecule has 4 nitrogen and oxygen atoms in total. The van der Waals surface area contributed by atoms with Gasteiger partial charge in [-0.05, 0) is 49.2 Å². The fourth-order valence-corrected chi connectivity index (χ4v) is 2.00. The smallest absolute Gasteiger partial charge is 0.169 e. The predicted octanol–water partition coefficient (Wildman–Crippen LogP) is 3.77. The van der Waals surface area contributed by atoms with E-state index in [9.17, 15) is 0 Å². The normalized spacial score (nSPS) is 10.7. The highest BCUT2D eigenvalue weighted by molar-refractivity contribution is 5.85. The monoisotopic (exact) mass is 284 g/mol. The highest BCUT2D eigenvalue weighted by Gasteiger charge is 2.07. The van der Waals surface area contributed by atoms with E-state index in [1.54, 1.807) is 20.4 Å². The van der Waals surface area contributed by atoms with Gasteiger partial charge in [-0.2, -0.15) is 5.10 Å². The van der Waals surface area contributed by atoms with Crippen molar-refractivity contribution in [3.63, 3.8) is 0 Å². The van der Waals surface area contributed by atoms with Crippen LogP contribution in [0, 0.1) is 13.8 Å². The minimum absolute atomic E-state index is 0.672. The number of nitrogens with one attached hydrogen (secondary N) is 1.